The van der Waals surface area contributed by atoms with E-state index >= 15 is 0 Å². The summed E-state index contributed by atoms with van der Waals surface area (Å²) in [4.78, 5) is 11.9. The number of sulfonamides is 1. The Morgan fingerprint density at radius 3 is 2.13 bits per heavy atom. The second-order valence-electron chi connectivity index (χ2n) is 5.54. The van der Waals surface area contributed by atoms with Crippen LogP contribution < -0.4 is 10.0 Å². The van der Waals surface area contributed by atoms with Gasteiger partial charge in [-0.1, -0.05) is 12.1 Å². The average Bonchev–Trinajstić information content (AvgIpc) is 2.45. The van der Waals surface area contributed by atoms with E-state index in [4.69, 9.17) is 0 Å². The normalized spacial score (nSPS) is 11.1. The third-order valence-corrected chi connectivity index (χ3v) is 4.84. The molecule has 0 aliphatic heterocycles. The highest BCUT2D eigenvalue weighted by Crippen LogP contribution is 2.21. The molecule has 0 aliphatic rings. The molecule has 2 N–H and O–H groups in total. The third-order valence-electron chi connectivity index (χ3n) is 3.46. The molecule has 0 aromatic heterocycles. The van der Waals surface area contributed by atoms with Gasteiger partial charge in [-0.2, -0.15) is 0 Å². The number of anilines is 1. The predicted molar refractivity (Wildman–Crippen MR) is 91.3 cm³/mol. The molecule has 2 aromatic rings. The number of rotatable bonds is 4. The lowest BCUT2D eigenvalue weighted by atomic mass is 10.1. The molecule has 0 saturated heterocycles. The Bertz CT molecular complexity index is 838. The summed E-state index contributed by atoms with van der Waals surface area (Å²) >= 11 is 0. The first-order valence-corrected chi connectivity index (χ1v) is 8.65. The van der Waals surface area contributed by atoms with E-state index < -0.39 is 10.0 Å². The molecule has 122 valence electrons. The first-order chi connectivity index (χ1) is 10.7. The Morgan fingerprint density at radius 2 is 1.57 bits per heavy atom. The zero-order chi connectivity index (χ0) is 17.2. The van der Waals surface area contributed by atoms with Gasteiger partial charge in [0.05, 0.1) is 4.90 Å². The summed E-state index contributed by atoms with van der Waals surface area (Å²) in [6.45, 7) is 5.57. The van der Waals surface area contributed by atoms with Crippen molar-refractivity contribution in [1.29, 1.82) is 0 Å². The second-order valence-corrected chi connectivity index (χ2v) is 7.22. The Labute approximate surface area is 136 Å². The summed E-state index contributed by atoms with van der Waals surface area (Å²) in [5.41, 5.74) is 3.50. The minimum Gasteiger partial charge on any atom is -0.355 e. The highest BCUT2D eigenvalue weighted by molar-refractivity contribution is 7.92. The maximum Gasteiger partial charge on any atom is 0.261 e. The highest BCUT2D eigenvalue weighted by Gasteiger charge is 2.18. The summed E-state index contributed by atoms with van der Waals surface area (Å²) in [6.07, 6.45) is 0. The van der Waals surface area contributed by atoms with Gasteiger partial charge in [0, 0.05) is 18.3 Å². The molecule has 0 saturated carbocycles. The number of nitrogens with one attached hydrogen (secondary N) is 2. The van der Waals surface area contributed by atoms with Gasteiger partial charge >= 0.3 is 0 Å². The van der Waals surface area contributed by atoms with Crippen molar-refractivity contribution in [2.24, 2.45) is 0 Å². The molecule has 2 aromatic carbocycles. The molecule has 0 unspecified atom stereocenters. The molecular weight excluding hydrogens is 312 g/mol. The van der Waals surface area contributed by atoms with Crippen LogP contribution >= 0.6 is 0 Å². The molecule has 2 rings (SSSR count). The maximum absolute atomic E-state index is 12.6. The van der Waals surface area contributed by atoms with Crippen LogP contribution in [0.1, 0.15) is 27.0 Å². The zero-order valence-corrected chi connectivity index (χ0v) is 14.4. The fraction of sp³-hybridized carbons (Fsp3) is 0.235. The quantitative estimate of drug-likeness (QED) is 0.904. The fourth-order valence-corrected chi connectivity index (χ4v) is 3.46. The van der Waals surface area contributed by atoms with Gasteiger partial charge in [-0.15, -0.1) is 0 Å². The summed E-state index contributed by atoms with van der Waals surface area (Å²) in [7, 11) is -2.25. The largest absolute Gasteiger partial charge is 0.355 e. The number of amides is 1. The summed E-state index contributed by atoms with van der Waals surface area (Å²) in [5.74, 6) is -0.314. The topological polar surface area (TPSA) is 75.3 Å². The molecule has 5 nitrogen and oxygen atoms in total. The van der Waals surface area contributed by atoms with Gasteiger partial charge in [-0.3, -0.25) is 9.52 Å². The van der Waals surface area contributed by atoms with Gasteiger partial charge in [0.25, 0.3) is 15.9 Å². The van der Waals surface area contributed by atoms with Crippen LogP contribution in [0.3, 0.4) is 0 Å². The van der Waals surface area contributed by atoms with Gasteiger partial charge in [0.2, 0.25) is 0 Å². The minimum atomic E-state index is -3.76. The number of benzene rings is 2. The molecule has 0 radical (unpaired) electrons. The SMILES string of the molecule is CNC(=O)c1cc(S(=O)(=O)Nc2cc(C)cc(C)c2)ccc1C. The Kier molecular flexibility index (Phi) is 4.75. The molecule has 0 atom stereocenters. The van der Waals surface area contributed by atoms with E-state index in [-0.39, 0.29) is 10.8 Å². The highest BCUT2D eigenvalue weighted by atomic mass is 32.2. The van der Waals surface area contributed by atoms with E-state index in [1.165, 1.54) is 19.2 Å². The van der Waals surface area contributed by atoms with E-state index in [0.717, 1.165) is 16.7 Å². The van der Waals surface area contributed by atoms with Crippen molar-refractivity contribution in [3.63, 3.8) is 0 Å². The third kappa shape index (κ3) is 3.90. The van der Waals surface area contributed by atoms with Crippen LogP contribution in [0.15, 0.2) is 41.3 Å². The van der Waals surface area contributed by atoms with Crippen LogP contribution in [-0.4, -0.2) is 21.4 Å². The summed E-state index contributed by atoms with van der Waals surface area (Å²) in [6, 6.07) is 10.00. The van der Waals surface area contributed by atoms with E-state index in [2.05, 4.69) is 10.0 Å². The Morgan fingerprint density at radius 1 is 0.957 bits per heavy atom. The van der Waals surface area contributed by atoms with Crippen LogP contribution in [0.2, 0.25) is 0 Å². The van der Waals surface area contributed by atoms with Crippen LogP contribution in [-0.2, 0) is 10.0 Å². The minimum absolute atomic E-state index is 0.0564. The molecule has 0 heterocycles. The molecule has 0 fully saturated rings. The summed E-state index contributed by atoms with van der Waals surface area (Å²) in [5, 5.41) is 2.51. The van der Waals surface area contributed by atoms with Gasteiger partial charge in [0.1, 0.15) is 0 Å². The lowest BCUT2D eigenvalue weighted by Crippen LogP contribution is -2.20. The van der Waals surface area contributed by atoms with Crippen LogP contribution in [0.25, 0.3) is 0 Å². The maximum atomic E-state index is 12.6. The number of hydrogen-bond donors (Lipinski definition) is 2. The van der Waals surface area contributed by atoms with Crippen molar-refractivity contribution in [1.82, 2.24) is 5.32 Å². The van der Waals surface area contributed by atoms with Crippen LogP contribution in [0, 0.1) is 20.8 Å². The van der Waals surface area contributed by atoms with E-state index in [1.807, 2.05) is 19.9 Å². The number of aryl methyl sites for hydroxylation is 3. The van der Waals surface area contributed by atoms with Crippen LogP contribution in [0.4, 0.5) is 5.69 Å². The number of carbonyl (C=O) groups is 1. The molecule has 1 amide bonds. The standard InChI is InChI=1S/C17H20N2O3S/c1-11-7-12(2)9-14(8-11)19-23(21,22)15-6-5-13(3)16(10-15)17(20)18-4/h5-10,19H,1-4H3,(H,18,20). The van der Waals surface area contributed by atoms with E-state index in [1.54, 1.807) is 25.1 Å². The lowest BCUT2D eigenvalue weighted by Gasteiger charge is -2.12. The van der Waals surface area contributed by atoms with Crippen molar-refractivity contribution in [3.8, 4) is 0 Å². The van der Waals surface area contributed by atoms with Gasteiger partial charge in [0.15, 0.2) is 0 Å². The van der Waals surface area contributed by atoms with Crippen molar-refractivity contribution >= 4 is 21.6 Å². The van der Waals surface area contributed by atoms with Crippen molar-refractivity contribution in [3.05, 3.63) is 58.7 Å². The Hall–Kier alpha value is -2.34. The monoisotopic (exact) mass is 332 g/mol. The molecule has 0 spiro atoms. The van der Waals surface area contributed by atoms with E-state index in [9.17, 15) is 13.2 Å². The predicted octanol–water partition coefficient (Wildman–Crippen LogP) is 2.77. The smallest absolute Gasteiger partial charge is 0.261 e. The molecule has 23 heavy (non-hydrogen) atoms. The molecule has 6 heteroatoms. The van der Waals surface area contributed by atoms with Crippen LogP contribution in [0.5, 0.6) is 0 Å². The van der Waals surface area contributed by atoms with Crippen molar-refractivity contribution in [2.75, 3.05) is 11.8 Å². The number of hydrogen-bond acceptors (Lipinski definition) is 3. The molecular formula is C17H20N2O3S. The van der Waals surface area contributed by atoms with Gasteiger partial charge in [-0.25, -0.2) is 8.42 Å². The van der Waals surface area contributed by atoms with E-state index in [0.29, 0.717) is 11.3 Å². The van der Waals surface area contributed by atoms with Gasteiger partial charge in [-0.05, 0) is 61.7 Å². The lowest BCUT2D eigenvalue weighted by molar-refractivity contribution is 0.0962. The van der Waals surface area contributed by atoms with Crippen molar-refractivity contribution in [2.45, 2.75) is 25.7 Å². The van der Waals surface area contributed by atoms with Gasteiger partial charge < -0.3 is 5.32 Å². The number of carbonyl (C=O) groups excluding carboxylic acids is 1. The summed E-state index contributed by atoms with van der Waals surface area (Å²) < 4.78 is 27.7. The average molecular weight is 332 g/mol. The fourth-order valence-electron chi connectivity index (χ4n) is 2.40. The first-order valence-electron chi connectivity index (χ1n) is 7.17. The zero-order valence-electron chi connectivity index (χ0n) is 13.6. The Balaban J connectivity index is 2.41. The first kappa shape index (κ1) is 17.0. The van der Waals surface area contributed by atoms with Crippen molar-refractivity contribution < 1.29 is 13.2 Å². The molecule has 0 aliphatic carbocycles. The second kappa shape index (κ2) is 6.42. The molecule has 0 bridgehead atoms.